The molecule has 18 heavy (non-hydrogen) atoms. The lowest BCUT2D eigenvalue weighted by atomic mass is 10.1. The van der Waals surface area contributed by atoms with Crippen LogP contribution in [0.4, 0.5) is 4.39 Å². The largest absolute Gasteiger partial charge is 0.352 e. The van der Waals surface area contributed by atoms with Gasteiger partial charge in [0, 0.05) is 11.0 Å². The maximum absolute atomic E-state index is 13.1. The number of carbonyl (C=O) groups is 1. The van der Waals surface area contributed by atoms with Crippen LogP contribution in [0.2, 0.25) is 0 Å². The first-order chi connectivity index (χ1) is 8.66. The van der Waals surface area contributed by atoms with Crippen LogP contribution < -0.4 is 5.32 Å². The summed E-state index contributed by atoms with van der Waals surface area (Å²) in [5.41, 5.74) is 1.75. The van der Waals surface area contributed by atoms with Crippen molar-refractivity contribution in [1.82, 2.24) is 5.32 Å². The number of rotatable bonds is 4. The molecule has 1 amide bonds. The summed E-state index contributed by atoms with van der Waals surface area (Å²) in [5.74, 6) is -0.637. The Bertz CT molecular complexity index is 485. The number of allylic oxidation sites excluding steroid dienone is 1. The molecule has 0 aromatic heterocycles. The molecule has 0 radical (unpaired) electrons. The smallest absolute Gasteiger partial charge is 0.252 e. The Morgan fingerprint density at radius 3 is 3.00 bits per heavy atom. The molecule has 4 heteroatoms. The Labute approximate surface area is 114 Å². The lowest BCUT2D eigenvalue weighted by molar-refractivity contribution is 0.0953. The Balaban J connectivity index is 1.89. The monoisotopic (exact) mass is 311 g/mol. The van der Waals surface area contributed by atoms with E-state index in [0.29, 0.717) is 16.6 Å². The van der Waals surface area contributed by atoms with Crippen molar-refractivity contribution in [2.75, 3.05) is 6.54 Å². The summed E-state index contributed by atoms with van der Waals surface area (Å²) in [5, 5.41) is 2.82. The zero-order valence-corrected chi connectivity index (χ0v) is 11.6. The predicted octanol–water partition coefficient (Wildman–Crippen LogP) is 3.82. The summed E-state index contributed by atoms with van der Waals surface area (Å²) in [6.07, 6.45) is 6.64. The number of benzene rings is 1. The molecule has 0 unspecified atom stereocenters. The highest BCUT2D eigenvalue weighted by Crippen LogP contribution is 2.20. The van der Waals surface area contributed by atoms with E-state index in [2.05, 4.69) is 27.3 Å². The van der Waals surface area contributed by atoms with Crippen LogP contribution in [0.3, 0.4) is 0 Å². The molecular formula is C14H15BrFNO. The normalized spacial score (nSPS) is 14.4. The molecule has 0 saturated carbocycles. The molecule has 0 bridgehead atoms. The summed E-state index contributed by atoms with van der Waals surface area (Å²) < 4.78 is 13.7. The van der Waals surface area contributed by atoms with Gasteiger partial charge in [0.05, 0.1) is 5.56 Å². The average molecular weight is 312 g/mol. The van der Waals surface area contributed by atoms with E-state index in [-0.39, 0.29) is 5.91 Å². The van der Waals surface area contributed by atoms with Crippen LogP contribution >= 0.6 is 15.9 Å². The number of halogens is 2. The van der Waals surface area contributed by atoms with Crippen molar-refractivity contribution in [3.8, 4) is 0 Å². The van der Waals surface area contributed by atoms with Crippen molar-refractivity contribution >= 4 is 21.8 Å². The molecule has 0 saturated heterocycles. The van der Waals surface area contributed by atoms with Gasteiger partial charge in [-0.2, -0.15) is 0 Å². The molecule has 0 atom stereocenters. The first-order valence-electron chi connectivity index (χ1n) is 6.08. The lowest BCUT2D eigenvalue weighted by Crippen LogP contribution is -2.25. The Kier molecular flexibility index (Phi) is 4.53. The van der Waals surface area contributed by atoms with Crippen LogP contribution in [0.25, 0.3) is 0 Å². The zero-order valence-electron chi connectivity index (χ0n) is 10.0. The van der Waals surface area contributed by atoms with E-state index in [9.17, 15) is 9.18 Å². The van der Waals surface area contributed by atoms with Crippen molar-refractivity contribution in [1.29, 1.82) is 0 Å². The number of amides is 1. The van der Waals surface area contributed by atoms with Crippen LogP contribution in [-0.2, 0) is 0 Å². The number of hydrogen-bond donors (Lipinski definition) is 1. The van der Waals surface area contributed by atoms with Crippen molar-refractivity contribution in [3.05, 3.63) is 45.7 Å². The summed E-state index contributed by atoms with van der Waals surface area (Å²) in [6, 6.07) is 4.11. The lowest BCUT2D eigenvalue weighted by Gasteiger charge is -2.07. The van der Waals surface area contributed by atoms with Crippen LogP contribution in [0.5, 0.6) is 0 Å². The molecular weight excluding hydrogens is 297 g/mol. The molecule has 1 aliphatic carbocycles. The highest BCUT2D eigenvalue weighted by atomic mass is 79.9. The first kappa shape index (κ1) is 13.3. The molecule has 1 aromatic carbocycles. The molecule has 2 nitrogen and oxygen atoms in total. The molecule has 0 spiro atoms. The van der Waals surface area contributed by atoms with Gasteiger partial charge >= 0.3 is 0 Å². The average Bonchev–Trinajstić information content (AvgIpc) is 2.85. The van der Waals surface area contributed by atoms with E-state index in [0.717, 1.165) is 19.3 Å². The zero-order chi connectivity index (χ0) is 13.0. The molecule has 2 rings (SSSR count). The van der Waals surface area contributed by atoms with Crippen LogP contribution in [-0.4, -0.2) is 12.5 Å². The fourth-order valence-electron chi connectivity index (χ4n) is 2.07. The second-order valence-electron chi connectivity index (χ2n) is 4.38. The van der Waals surface area contributed by atoms with E-state index < -0.39 is 5.82 Å². The van der Waals surface area contributed by atoms with Gasteiger partial charge in [-0.3, -0.25) is 4.79 Å². The van der Waals surface area contributed by atoms with Crippen molar-refractivity contribution in [2.24, 2.45) is 0 Å². The van der Waals surface area contributed by atoms with E-state index in [4.69, 9.17) is 0 Å². The van der Waals surface area contributed by atoms with Gasteiger partial charge in [0.2, 0.25) is 0 Å². The molecule has 0 aliphatic heterocycles. The molecule has 1 aromatic rings. The minimum atomic E-state index is -0.401. The third kappa shape index (κ3) is 3.42. The van der Waals surface area contributed by atoms with Gasteiger partial charge in [-0.1, -0.05) is 11.6 Å². The fourth-order valence-corrected chi connectivity index (χ4v) is 2.49. The topological polar surface area (TPSA) is 29.1 Å². The standard InChI is InChI=1S/C14H15BrFNO/c15-13-6-5-11(16)9-12(13)14(18)17-8-7-10-3-1-2-4-10/h3,5-6,9H,1-2,4,7-8H2,(H,17,18). The summed E-state index contributed by atoms with van der Waals surface area (Å²) >= 11 is 3.25. The number of hydrogen-bond acceptors (Lipinski definition) is 1. The minimum absolute atomic E-state index is 0.236. The predicted molar refractivity (Wildman–Crippen MR) is 73.0 cm³/mol. The highest BCUT2D eigenvalue weighted by Gasteiger charge is 2.11. The van der Waals surface area contributed by atoms with Gasteiger partial charge in [0.25, 0.3) is 5.91 Å². The van der Waals surface area contributed by atoms with Crippen LogP contribution in [0, 0.1) is 5.82 Å². The van der Waals surface area contributed by atoms with Crippen molar-refractivity contribution < 1.29 is 9.18 Å². The van der Waals surface area contributed by atoms with Gasteiger partial charge in [-0.05, 0) is 59.8 Å². The van der Waals surface area contributed by atoms with Crippen LogP contribution in [0.1, 0.15) is 36.0 Å². The summed E-state index contributed by atoms with van der Waals surface area (Å²) in [7, 11) is 0. The van der Waals surface area contributed by atoms with Gasteiger partial charge < -0.3 is 5.32 Å². The third-order valence-corrected chi connectivity index (χ3v) is 3.73. The van der Waals surface area contributed by atoms with E-state index >= 15 is 0 Å². The van der Waals surface area contributed by atoms with E-state index in [1.54, 1.807) is 6.07 Å². The van der Waals surface area contributed by atoms with Crippen molar-refractivity contribution in [3.63, 3.8) is 0 Å². The fraction of sp³-hybridized carbons (Fsp3) is 0.357. The minimum Gasteiger partial charge on any atom is -0.352 e. The number of nitrogens with one attached hydrogen (secondary N) is 1. The summed E-state index contributed by atoms with van der Waals surface area (Å²) in [4.78, 5) is 11.9. The van der Waals surface area contributed by atoms with Crippen molar-refractivity contribution in [2.45, 2.75) is 25.7 Å². The molecule has 0 heterocycles. The summed E-state index contributed by atoms with van der Waals surface area (Å²) in [6.45, 7) is 0.605. The molecule has 1 N–H and O–H groups in total. The van der Waals surface area contributed by atoms with Gasteiger partial charge in [-0.15, -0.1) is 0 Å². The van der Waals surface area contributed by atoms with E-state index in [1.165, 1.54) is 24.1 Å². The third-order valence-electron chi connectivity index (χ3n) is 3.04. The highest BCUT2D eigenvalue weighted by molar-refractivity contribution is 9.10. The van der Waals surface area contributed by atoms with E-state index in [1.807, 2.05) is 0 Å². The van der Waals surface area contributed by atoms with Gasteiger partial charge in [0.1, 0.15) is 5.82 Å². The maximum atomic E-state index is 13.1. The van der Waals surface area contributed by atoms with Gasteiger partial charge in [0.15, 0.2) is 0 Å². The SMILES string of the molecule is O=C(NCCC1=CCCC1)c1cc(F)ccc1Br. The second-order valence-corrected chi connectivity index (χ2v) is 5.24. The van der Waals surface area contributed by atoms with Crippen LogP contribution in [0.15, 0.2) is 34.3 Å². The Morgan fingerprint density at radius 2 is 2.28 bits per heavy atom. The Morgan fingerprint density at radius 1 is 1.44 bits per heavy atom. The molecule has 96 valence electrons. The van der Waals surface area contributed by atoms with Gasteiger partial charge in [-0.25, -0.2) is 4.39 Å². The molecule has 1 aliphatic rings. The first-order valence-corrected chi connectivity index (χ1v) is 6.87. The maximum Gasteiger partial charge on any atom is 0.252 e. The quantitative estimate of drug-likeness (QED) is 0.842. The molecule has 0 fully saturated rings. The second kappa shape index (κ2) is 6.14. The number of carbonyl (C=O) groups excluding carboxylic acids is 1. The Hall–Kier alpha value is -1.16.